The summed E-state index contributed by atoms with van der Waals surface area (Å²) in [5, 5.41) is 14.4. The molecule has 0 unspecified atom stereocenters. The summed E-state index contributed by atoms with van der Waals surface area (Å²) in [6.45, 7) is 2.96. The fourth-order valence-electron chi connectivity index (χ4n) is 5.50. The second-order valence-corrected chi connectivity index (χ2v) is 9.91. The van der Waals surface area contributed by atoms with Crippen molar-refractivity contribution in [3.8, 4) is 22.6 Å². The fraction of sp³-hybridized carbons (Fsp3) is 0.267. The fourth-order valence-corrected chi connectivity index (χ4v) is 5.50. The summed E-state index contributed by atoms with van der Waals surface area (Å²) in [6.07, 6.45) is 1.22. The molecule has 0 saturated carbocycles. The van der Waals surface area contributed by atoms with Crippen molar-refractivity contribution in [2.24, 2.45) is 0 Å². The highest BCUT2D eigenvalue weighted by molar-refractivity contribution is 6.08. The van der Waals surface area contributed by atoms with Gasteiger partial charge in [-0.25, -0.2) is 4.68 Å². The molecular formula is C30H31N5O3. The maximum absolute atomic E-state index is 13.7. The molecule has 38 heavy (non-hydrogen) atoms. The van der Waals surface area contributed by atoms with Crippen LogP contribution in [0.25, 0.3) is 16.8 Å². The largest absolute Gasteiger partial charge is 0.497 e. The number of aliphatic hydroxyl groups excluding tert-OH is 1. The number of hydrogen-bond donors (Lipinski definition) is 2. The van der Waals surface area contributed by atoms with Crippen molar-refractivity contribution in [1.29, 1.82) is 0 Å². The first kappa shape index (κ1) is 24.2. The number of fused-ring (bicyclic) bond motifs is 1. The lowest BCUT2D eigenvalue weighted by atomic mass is 9.98. The van der Waals surface area contributed by atoms with Crippen molar-refractivity contribution < 1.29 is 14.6 Å². The third-order valence-electron chi connectivity index (χ3n) is 7.51. The Kier molecular flexibility index (Phi) is 6.35. The van der Waals surface area contributed by atoms with E-state index in [0.29, 0.717) is 31.0 Å². The molecule has 1 saturated heterocycles. The lowest BCUT2D eigenvalue weighted by molar-refractivity contribution is 0.0973. The van der Waals surface area contributed by atoms with Crippen LogP contribution in [-0.4, -0.2) is 58.5 Å². The van der Waals surface area contributed by atoms with Gasteiger partial charge in [0.1, 0.15) is 17.3 Å². The topological polar surface area (TPSA) is 96.8 Å². The van der Waals surface area contributed by atoms with E-state index in [1.165, 1.54) is 5.56 Å². The molecule has 3 heterocycles. The van der Waals surface area contributed by atoms with Gasteiger partial charge in [-0.05, 0) is 65.9 Å². The van der Waals surface area contributed by atoms with E-state index < -0.39 is 0 Å². The number of nitrogens with two attached hydrogens (primary N) is 1. The molecule has 0 aliphatic carbocycles. The van der Waals surface area contributed by atoms with Crippen LogP contribution < -0.4 is 15.4 Å². The minimum absolute atomic E-state index is 0.119. The summed E-state index contributed by atoms with van der Waals surface area (Å²) >= 11 is 0. The molecule has 0 radical (unpaired) electrons. The van der Waals surface area contributed by atoms with Crippen LogP contribution in [0.5, 0.6) is 5.75 Å². The van der Waals surface area contributed by atoms with Gasteiger partial charge in [-0.3, -0.25) is 9.69 Å². The third-order valence-corrected chi connectivity index (χ3v) is 7.51. The van der Waals surface area contributed by atoms with Gasteiger partial charge >= 0.3 is 0 Å². The second kappa shape index (κ2) is 9.96. The molecule has 0 spiro atoms. The first-order valence-corrected chi connectivity index (χ1v) is 12.9. The summed E-state index contributed by atoms with van der Waals surface area (Å²) in [5.41, 5.74) is 12.6. The number of nitrogen functional groups attached to an aromatic ring is 1. The van der Waals surface area contributed by atoms with Gasteiger partial charge in [-0.2, -0.15) is 0 Å². The van der Waals surface area contributed by atoms with Gasteiger partial charge in [-0.15, -0.1) is 5.10 Å². The van der Waals surface area contributed by atoms with Crippen LogP contribution in [0.1, 0.15) is 28.0 Å². The van der Waals surface area contributed by atoms with E-state index in [-0.39, 0.29) is 12.0 Å². The Morgan fingerprint density at radius 2 is 1.74 bits per heavy atom. The number of carbonyl (C=O) groups is 1. The highest BCUT2D eigenvalue weighted by Crippen LogP contribution is 2.32. The predicted octanol–water partition coefficient (Wildman–Crippen LogP) is 3.90. The summed E-state index contributed by atoms with van der Waals surface area (Å²) in [4.78, 5) is 17.8. The van der Waals surface area contributed by atoms with Crippen LogP contribution in [0.2, 0.25) is 0 Å². The number of methoxy groups -OCH3 is 1. The summed E-state index contributed by atoms with van der Waals surface area (Å²) in [6, 6.07) is 24.0. The Morgan fingerprint density at radius 1 is 1.00 bits per heavy atom. The second-order valence-electron chi connectivity index (χ2n) is 9.91. The number of nitrogens with zero attached hydrogens (tertiary/aromatic N) is 4. The molecule has 1 amide bonds. The quantitative estimate of drug-likeness (QED) is 0.409. The number of hydrogen-bond acceptors (Lipinski definition) is 6. The summed E-state index contributed by atoms with van der Waals surface area (Å²) in [7, 11) is 1.62. The number of benzene rings is 3. The van der Waals surface area contributed by atoms with Gasteiger partial charge in [0.25, 0.3) is 5.91 Å². The van der Waals surface area contributed by atoms with Crippen LogP contribution in [0.15, 0.2) is 72.8 Å². The van der Waals surface area contributed by atoms with Gasteiger partial charge in [0, 0.05) is 37.4 Å². The van der Waals surface area contributed by atoms with E-state index in [1.54, 1.807) is 16.7 Å². The van der Waals surface area contributed by atoms with Crippen LogP contribution in [0.4, 0.5) is 11.5 Å². The zero-order chi connectivity index (χ0) is 26.2. The average Bonchev–Trinajstić information content (AvgIpc) is 3.52. The molecule has 2 aliphatic rings. The van der Waals surface area contributed by atoms with Crippen LogP contribution in [-0.2, 0) is 13.0 Å². The number of carbonyl (C=O) groups excluding carboxylic acids is 1. The van der Waals surface area contributed by atoms with E-state index in [4.69, 9.17) is 10.5 Å². The van der Waals surface area contributed by atoms with E-state index in [1.807, 2.05) is 42.5 Å². The van der Waals surface area contributed by atoms with E-state index in [0.717, 1.165) is 53.3 Å². The first-order valence-electron chi connectivity index (χ1n) is 12.9. The summed E-state index contributed by atoms with van der Waals surface area (Å²) < 4.78 is 6.90. The molecule has 194 valence electrons. The van der Waals surface area contributed by atoms with Crippen molar-refractivity contribution >= 4 is 17.4 Å². The molecule has 1 aromatic heterocycles. The lowest BCUT2D eigenvalue weighted by Gasteiger charge is -2.28. The molecule has 0 bridgehead atoms. The maximum atomic E-state index is 13.7. The predicted molar refractivity (Wildman–Crippen MR) is 148 cm³/mol. The highest BCUT2D eigenvalue weighted by Gasteiger charge is 2.32. The van der Waals surface area contributed by atoms with Crippen molar-refractivity contribution in [2.45, 2.75) is 25.5 Å². The van der Waals surface area contributed by atoms with Gasteiger partial charge in [0.15, 0.2) is 0 Å². The van der Waals surface area contributed by atoms with Crippen molar-refractivity contribution in [3.05, 3.63) is 89.6 Å². The normalized spacial score (nSPS) is 17.6. The molecule has 4 aromatic rings. The SMILES string of the molecule is COc1ccc(-n2nc(N)c3c2C(=O)N(c2ccc(-c4ccccc4CN4CC[C@@H](O)C4)cc2)CC3)cc1. The number of rotatable bonds is 6. The van der Waals surface area contributed by atoms with Crippen molar-refractivity contribution in [3.63, 3.8) is 0 Å². The number of ether oxygens (including phenoxy) is 1. The van der Waals surface area contributed by atoms with E-state index in [2.05, 4.69) is 40.3 Å². The minimum atomic E-state index is -0.236. The molecular weight excluding hydrogens is 478 g/mol. The number of amides is 1. The molecule has 3 N–H and O–H groups in total. The number of likely N-dealkylation sites (tertiary alicyclic amines) is 1. The molecule has 1 atom stereocenters. The Labute approximate surface area is 221 Å². The van der Waals surface area contributed by atoms with Gasteiger partial charge in [0.05, 0.1) is 18.9 Å². The van der Waals surface area contributed by atoms with Gasteiger partial charge in [0.2, 0.25) is 0 Å². The maximum Gasteiger partial charge on any atom is 0.277 e. The van der Waals surface area contributed by atoms with Crippen LogP contribution in [0.3, 0.4) is 0 Å². The third kappa shape index (κ3) is 4.42. The molecule has 6 rings (SSSR count). The number of aliphatic hydroxyl groups is 1. The molecule has 1 fully saturated rings. The minimum Gasteiger partial charge on any atom is -0.497 e. The average molecular weight is 510 g/mol. The first-order chi connectivity index (χ1) is 18.5. The Bertz CT molecular complexity index is 1460. The number of aromatic nitrogens is 2. The summed E-state index contributed by atoms with van der Waals surface area (Å²) in [5.74, 6) is 1.00. The molecule has 3 aromatic carbocycles. The van der Waals surface area contributed by atoms with Gasteiger partial charge in [-0.1, -0.05) is 36.4 Å². The highest BCUT2D eigenvalue weighted by atomic mass is 16.5. The van der Waals surface area contributed by atoms with Crippen LogP contribution >= 0.6 is 0 Å². The van der Waals surface area contributed by atoms with Crippen molar-refractivity contribution in [1.82, 2.24) is 14.7 Å². The van der Waals surface area contributed by atoms with E-state index >= 15 is 0 Å². The van der Waals surface area contributed by atoms with Gasteiger partial charge < -0.3 is 20.5 Å². The number of anilines is 2. The van der Waals surface area contributed by atoms with Crippen LogP contribution in [0, 0.1) is 0 Å². The van der Waals surface area contributed by atoms with E-state index in [9.17, 15) is 9.90 Å². The zero-order valence-electron chi connectivity index (χ0n) is 21.4. The number of β-amino-alcohol motifs (C(OH)–C–C–N with tert-alkyl or cyclic N) is 1. The molecule has 2 aliphatic heterocycles. The monoisotopic (exact) mass is 509 g/mol. The lowest BCUT2D eigenvalue weighted by Crippen LogP contribution is -2.38. The smallest absolute Gasteiger partial charge is 0.277 e. The van der Waals surface area contributed by atoms with Crippen molar-refractivity contribution in [2.75, 3.05) is 37.4 Å². The molecule has 8 heteroatoms. The Morgan fingerprint density at radius 3 is 2.45 bits per heavy atom. The Balaban J connectivity index is 1.27. The Hall–Kier alpha value is -4.14. The standard InChI is InChI=1S/C30H31N5O3/c1-38-25-12-10-23(11-13-25)35-28-27(29(31)32-35)15-17-34(30(28)37)22-8-6-20(7-9-22)26-5-3-2-4-21(26)18-33-16-14-24(36)19-33/h2-13,24,36H,14-19H2,1H3,(H2,31,32)/t24-/m1/s1. The zero-order valence-corrected chi connectivity index (χ0v) is 21.4. The molecule has 8 nitrogen and oxygen atoms in total.